The van der Waals surface area contributed by atoms with Crippen LogP contribution >= 0.6 is 0 Å². The molecule has 0 spiro atoms. The molecular weight excluding hydrogens is 264 g/mol. The zero-order valence-electron chi connectivity index (χ0n) is 13.3. The molecule has 1 aromatic rings. The topological polar surface area (TPSA) is 26.3 Å². The van der Waals surface area contributed by atoms with Crippen LogP contribution in [0.25, 0.3) is 0 Å². The van der Waals surface area contributed by atoms with Crippen LogP contribution in [0.2, 0.25) is 18.1 Å². The fourth-order valence-electron chi connectivity index (χ4n) is 2.47. The van der Waals surface area contributed by atoms with E-state index in [0.717, 1.165) is 6.42 Å². The van der Waals surface area contributed by atoms with Crippen molar-refractivity contribution < 1.29 is 9.22 Å². The molecule has 0 heterocycles. The highest BCUT2D eigenvalue weighted by atomic mass is 28.4. The Morgan fingerprint density at radius 3 is 2.30 bits per heavy atom. The highest BCUT2D eigenvalue weighted by Crippen LogP contribution is 2.41. The molecule has 1 aliphatic carbocycles. The first-order valence-corrected chi connectivity index (χ1v) is 10.4. The van der Waals surface area contributed by atoms with Gasteiger partial charge in [0.2, 0.25) is 0 Å². The summed E-state index contributed by atoms with van der Waals surface area (Å²) in [5.41, 5.74) is 1.27. The lowest BCUT2D eigenvalue weighted by atomic mass is 9.98. The summed E-state index contributed by atoms with van der Waals surface area (Å²) in [5.74, 6) is 0.613. The van der Waals surface area contributed by atoms with Gasteiger partial charge in [-0.2, -0.15) is 0 Å². The Kier molecular flexibility index (Phi) is 4.21. The average Bonchev–Trinajstić information content (AvgIpc) is 2.70. The summed E-state index contributed by atoms with van der Waals surface area (Å²) in [6.07, 6.45) is 1.28. The third-order valence-electron chi connectivity index (χ3n) is 4.82. The Balaban J connectivity index is 2.07. The molecule has 0 radical (unpaired) electrons. The first-order chi connectivity index (χ1) is 9.21. The Morgan fingerprint density at radius 1 is 1.15 bits per heavy atom. The van der Waals surface area contributed by atoms with E-state index in [1.165, 1.54) is 5.56 Å². The van der Waals surface area contributed by atoms with Gasteiger partial charge in [0.1, 0.15) is 6.10 Å². The van der Waals surface area contributed by atoms with Crippen LogP contribution in [0.1, 0.15) is 45.1 Å². The summed E-state index contributed by atoms with van der Waals surface area (Å²) in [5, 5.41) is 0.151. The maximum Gasteiger partial charge on any atom is 0.193 e. The third-order valence-corrected chi connectivity index (χ3v) is 9.31. The smallest absolute Gasteiger partial charge is 0.193 e. The van der Waals surface area contributed by atoms with E-state index in [1.54, 1.807) is 0 Å². The summed E-state index contributed by atoms with van der Waals surface area (Å²) >= 11 is 0. The molecule has 2 nitrogen and oxygen atoms in total. The van der Waals surface area contributed by atoms with Crippen LogP contribution < -0.4 is 0 Å². The molecule has 2 rings (SSSR count). The molecule has 0 aromatic heterocycles. The molecule has 110 valence electrons. The molecule has 1 unspecified atom stereocenters. The second kappa shape index (κ2) is 5.45. The summed E-state index contributed by atoms with van der Waals surface area (Å²) in [4.78, 5) is 12.3. The molecule has 3 heteroatoms. The summed E-state index contributed by atoms with van der Waals surface area (Å²) in [6.45, 7) is 11.1. The van der Waals surface area contributed by atoms with Gasteiger partial charge in [-0.25, -0.2) is 0 Å². The van der Waals surface area contributed by atoms with Crippen molar-refractivity contribution in [3.05, 3.63) is 35.9 Å². The van der Waals surface area contributed by atoms with Crippen LogP contribution in [-0.2, 0) is 9.22 Å². The van der Waals surface area contributed by atoms with Crippen LogP contribution in [0.15, 0.2) is 30.3 Å². The molecule has 1 aromatic carbocycles. The normalized spacial score (nSPS) is 24.1. The molecule has 0 N–H and O–H groups in total. The highest BCUT2D eigenvalue weighted by molar-refractivity contribution is 6.74. The largest absolute Gasteiger partial charge is 0.407 e. The predicted octanol–water partition coefficient (Wildman–Crippen LogP) is 4.52. The molecule has 0 amide bonds. The molecule has 1 saturated carbocycles. The lowest BCUT2D eigenvalue weighted by Gasteiger charge is -2.38. The standard InChI is InChI=1S/C17H26O2Si/c1-17(2,3)20(4,5)19-16-12-14(11-15(16)18)13-9-7-6-8-10-13/h6-10,14,16H,11-12H2,1-5H3/t14?,16-/m0/s1. The van der Waals surface area contributed by atoms with Gasteiger partial charge in [-0.3, -0.25) is 4.79 Å². The van der Waals surface area contributed by atoms with Crippen molar-refractivity contribution in [2.24, 2.45) is 0 Å². The van der Waals surface area contributed by atoms with E-state index in [0.29, 0.717) is 12.3 Å². The molecule has 0 aliphatic heterocycles. The van der Waals surface area contributed by atoms with Gasteiger partial charge < -0.3 is 4.43 Å². The van der Waals surface area contributed by atoms with Crippen molar-refractivity contribution in [3.63, 3.8) is 0 Å². The van der Waals surface area contributed by atoms with Crippen LogP contribution in [-0.4, -0.2) is 20.2 Å². The van der Waals surface area contributed by atoms with Gasteiger partial charge in [0, 0.05) is 6.42 Å². The van der Waals surface area contributed by atoms with Gasteiger partial charge in [0.15, 0.2) is 14.1 Å². The predicted molar refractivity (Wildman–Crippen MR) is 85.5 cm³/mol. The van der Waals surface area contributed by atoms with Gasteiger partial charge in [-0.05, 0) is 36.0 Å². The molecule has 0 saturated heterocycles. The molecular formula is C17H26O2Si. The number of benzene rings is 1. The summed E-state index contributed by atoms with van der Waals surface area (Å²) < 4.78 is 6.32. The Morgan fingerprint density at radius 2 is 1.75 bits per heavy atom. The number of hydrogen-bond acceptors (Lipinski definition) is 2. The van der Waals surface area contributed by atoms with Crippen molar-refractivity contribution in [1.82, 2.24) is 0 Å². The maximum absolute atomic E-state index is 12.3. The molecule has 1 fully saturated rings. The monoisotopic (exact) mass is 290 g/mol. The summed E-state index contributed by atoms with van der Waals surface area (Å²) in [6, 6.07) is 10.3. The molecule has 0 bridgehead atoms. The highest BCUT2D eigenvalue weighted by Gasteiger charge is 2.43. The van der Waals surface area contributed by atoms with Gasteiger partial charge in [0.25, 0.3) is 0 Å². The van der Waals surface area contributed by atoms with Gasteiger partial charge in [-0.15, -0.1) is 0 Å². The fourth-order valence-corrected chi connectivity index (χ4v) is 3.77. The Hall–Kier alpha value is -0.933. The first kappa shape index (κ1) is 15.5. The van der Waals surface area contributed by atoms with E-state index in [1.807, 2.05) is 18.2 Å². The van der Waals surface area contributed by atoms with Crippen LogP contribution in [0.4, 0.5) is 0 Å². The van der Waals surface area contributed by atoms with Crippen LogP contribution in [0.5, 0.6) is 0 Å². The third kappa shape index (κ3) is 3.21. The maximum atomic E-state index is 12.3. The van der Waals surface area contributed by atoms with E-state index in [2.05, 4.69) is 46.0 Å². The minimum absolute atomic E-state index is 0.151. The fraction of sp³-hybridized carbons (Fsp3) is 0.588. The van der Waals surface area contributed by atoms with E-state index < -0.39 is 8.32 Å². The van der Waals surface area contributed by atoms with Crippen LogP contribution in [0.3, 0.4) is 0 Å². The minimum atomic E-state index is -1.86. The zero-order valence-corrected chi connectivity index (χ0v) is 14.3. The number of carbonyl (C=O) groups excluding carboxylic acids is 1. The van der Waals surface area contributed by atoms with Crippen molar-refractivity contribution in [3.8, 4) is 0 Å². The second-order valence-corrected chi connectivity index (χ2v) is 12.1. The quantitative estimate of drug-likeness (QED) is 0.765. The number of Topliss-reactive ketones (excluding diaryl/α,β-unsaturated/α-hetero) is 1. The van der Waals surface area contributed by atoms with E-state index in [4.69, 9.17) is 4.43 Å². The van der Waals surface area contributed by atoms with Crippen molar-refractivity contribution >= 4 is 14.1 Å². The minimum Gasteiger partial charge on any atom is -0.407 e. The number of rotatable bonds is 3. The van der Waals surface area contributed by atoms with E-state index >= 15 is 0 Å². The summed E-state index contributed by atoms with van der Waals surface area (Å²) in [7, 11) is -1.86. The van der Waals surface area contributed by atoms with E-state index in [9.17, 15) is 4.79 Å². The zero-order chi connectivity index (χ0) is 15.0. The molecule has 20 heavy (non-hydrogen) atoms. The van der Waals surface area contributed by atoms with Crippen LogP contribution in [0, 0.1) is 0 Å². The van der Waals surface area contributed by atoms with Crippen molar-refractivity contribution in [1.29, 1.82) is 0 Å². The first-order valence-electron chi connectivity index (χ1n) is 7.46. The number of hydrogen-bond donors (Lipinski definition) is 0. The average molecular weight is 290 g/mol. The number of ketones is 1. The lowest BCUT2D eigenvalue weighted by molar-refractivity contribution is -0.123. The SMILES string of the molecule is CC(C)(C)[Si](C)(C)O[C@H]1CC(c2ccccc2)CC1=O. The lowest BCUT2D eigenvalue weighted by Crippen LogP contribution is -2.44. The van der Waals surface area contributed by atoms with E-state index in [-0.39, 0.29) is 16.9 Å². The van der Waals surface area contributed by atoms with Gasteiger partial charge >= 0.3 is 0 Å². The molecule has 1 aliphatic rings. The molecule has 2 atom stereocenters. The van der Waals surface area contributed by atoms with Crippen molar-refractivity contribution in [2.45, 2.75) is 63.8 Å². The Labute approximate surface area is 123 Å². The number of carbonyl (C=O) groups is 1. The van der Waals surface area contributed by atoms with Gasteiger partial charge in [-0.1, -0.05) is 51.1 Å². The van der Waals surface area contributed by atoms with Crippen molar-refractivity contribution in [2.75, 3.05) is 0 Å². The second-order valence-electron chi connectivity index (χ2n) is 7.38. The Bertz CT molecular complexity index is 474. The van der Waals surface area contributed by atoms with Gasteiger partial charge in [0.05, 0.1) is 0 Å².